The molecule has 37 heavy (non-hydrogen) atoms. The minimum atomic E-state index is -0.173. The largest absolute Gasteiger partial charge is 0.489 e. The molecule has 190 valence electrons. The number of aliphatic hydroxyl groups excluding tert-OH is 1. The number of benzene rings is 3. The number of nitrogens with one attached hydrogen (secondary N) is 1. The highest BCUT2D eigenvalue weighted by Gasteiger charge is 2.24. The summed E-state index contributed by atoms with van der Waals surface area (Å²) in [4.78, 5) is 19.7. The average Bonchev–Trinajstić information content (AvgIpc) is 3.36. The van der Waals surface area contributed by atoms with Gasteiger partial charge in [-0.3, -0.25) is 4.79 Å². The van der Waals surface area contributed by atoms with E-state index in [0.717, 1.165) is 28.1 Å². The highest BCUT2D eigenvalue weighted by molar-refractivity contribution is 6.30. The van der Waals surface area contributed by atoms with Crippen molar-refractivity contribution in [1.29, 1.82) is 0 Å². The molecule has 0 saturated carbocycles. The minimum absolute atomic E-state index is 0.0153. The number of carbonyl (C=O) groups is 1. The van der Waals surface area contributed by atoms with Crippen molar-refractivity contribution in [1.82, 2.24) is 14.9 Å². The number of amides is 1. The molecule has 2 N–H and O–H groups in total. The number of hydrogen-bond acceptors (Lipinski definition) is 5. The van der Waals surface area contributed by atoms with Crippen LogP contribution in [0.5, 0.6) is 5.75 Å². The molecule has 0 radical (unpaired) electrons. The summed E-state index contributed by atoms with van der Waals surface area (Å²) in [7, 11) is 0. The molecule has 1 amide bonds. The van der Waals surface area contributed by atoms with Gasteiger partial charge < -0.3 is 24.6 Å². The fraction of sp³-hybridized carbons (Fsp3) is 0.241. The van der Waals surface area contributed by atoms with Gasteiger partial charge in [0.15, 0.2) is 5.75 Å². The molecule has 0 spiro atoms. The number of aliphatic hydroxyl groups is 1. The third kappa shape index (κ3) is 5.79. The third-order valence-corrected chi connectivity index (χ3v) is 6.83. The summed E-state index contributed by atoms with van der Waals surface area (Å²) in [6.45, 7) is 3.00. The van der Waals surface area contributed by atoms with Crippen molar-refractivity contribution in [2.75, 3.05) is 24.6 Å². The number of aromatic nitrogens is 2. The fourth-order valence-corrected chi connectivity index (χ4v) is 4.74. The second kappa shape index (κ2) is 11.5. The molecule has 8 heteroatoms. The molecule has 5 rings (SSSR count). The van der Waals surface area contributed by atoms with Crippen molar-refractivity contribution in [3.63, 3.8) is 0 Å². The number of ether oxygens (including phenoxy) is 1. The van der Waals surface area contributed by atoms with Crippen LogP contribution >= 0.6 is 11.6 Å². The summed E-state index contributed by atoms with van der Waals surface area (Å²) in [5.74, 6) is 0.429. The van der Waals surface area contributed by atoms with Crippen molar-refractivity contribution in [2.45, 2.75) is 26.1 Å². The average molecular weight is 517 g/mol. The van der Waals surface area contributed by atoms with Crippen LogP contribution in [0.4, 0.5) is 5.69 Å². The van der Waals surface area contributed by atoms with Gasteiger partial charge in [0.1, 0.15) is 6.61 Å². The van der Waals surface area contributed by atoms with Gasteiger partial charge in [0.05, 0.1) is 43.0 Å². The van der Waals surface area contributed by atoms with E-state index in [4.69, 9.17) is 16.3 Å². The number of fused-ring (bicyclic) bond motifs is 1. The third-order valence-electron chi connectivity index (χ3n) is 6.57. The smallest absolute Gasteiger partial charge is 0.255 e. The van der Waals surface area contributed by atoms with E-state index in [0.29, 0.717) is 55.5 Å². The number of nitrogens with zero attached hydrogens (tertiary/aromatic N) is 3. The highest BCUT2D eigenvalue weighted by atomic mass is 35.5. The molecular formula is C29H29ClN4O3. The molecule has 7 nitrogen and oxygen atoms in total. The predicted molar refractivity (Wildman–Crippen MR) is 144 cm³/mol. The van der Waals surface area contributed by atoms with E-state index in [-0.39, 0.29) is 12.5 Å². The Bertz CT molecular complexity index is 1370. The maximum absolute atomic E-state index is 13.1. The quantitative estimate of drug-likeness (QED) is 0.343. The molecule has 0 aliphatic carbocycles. The molecule has 0 atom stereocenters. The van der Waals surface area contributed by atoms with E-state index < -0.39 is 0 Å². The van der Waals surface area contributed by atoms with Gasteiger partial charge in [-0.15, -0.1) is 0 Å². The van der Waals surface area contributed by atoms with Crippen molar-refractivity contribution in [3.8, 4) is 5.75 Å². The van der Waals surface area contributed by atoms with Crippen LogP contribution in [0.25, 0.3) is 0 Å². The van der Waals surface area contributed by atoms with Gasteiger partial charge in [-0.2, -0.15) is 0 Å². The number of carbonyl (C=O) groups excluding carboxylic acids is 1. The van der Waals surface area contributed by atoms with E-state index >= 15 is 0 Å². The monoisotopic (exact) mass is 516 g/mol. The van der Waals surface area contributed by atoms with Gasteiger partial charge in [-0.25, -0.2) is 4.98 Å². The van der Waals surface area contributed by atoms with E-state index in [9.17, 15) is 9.90 Å². The first-order valence-corrected chi connectivity index (χ1v) is 12.7. The van der Waals surface area contributed by atoms with Gasteiger partial charge in [0, 0.05) is 24.3 Å². The zero-order valence-corrected chi connectivity index (χ0v) is 21.2. The summed E-state index contributed by atoms with van der Waals surface area (Å²) in [5, 5.41) is 13.3. The van der Waals surface area contributed by atoms with Crippen LogP contribution in [0, 0.1) is 0 Å². The number of halogens is 1. The first-order chi connectivity index (χ1) is 18.1. The summed E-state index contributed by atoms with van der Waals surface area (Å²) < 4.78 is 8.12. The van der Waals surface area contributed by atoms with Crippen LogP contribution < -0.4 is 15.0 Å². The Kier molecular flexibility index (Phi) is 7.73. The number of hydrogen-bond donors (Lipinski definition) is 2. The molecule has 2 heterocycles. The summed E-state index contributed by atoms with van der Waals surface area (Å²) in [6, 6.07) is 21.2. The zero-order valence-electron chi connectivity index (χ0n) is 20.4. The molecular weight excluding hydrogens is 488 g/mol. The predicted octanol–water partition coefficient (Wildman–Crippen LogP) is 4.45. The Morgan fingerprint density at radius 1 is 1.03 bits per heavy atom. The van der Waals surface area contributed by atoms with Crippen LogP contribution in [-0.4, -0.2) is 40.3 Å². The van der Waals surface area contributed by atoms with E-state index in [1.54, 1.807) is 6.07 Å². The summed E-state index contributed by atoms with van der Waals surface area (Å²) in [5.41, 5.74) is 5.53. The molecule has 1 aromatic heterocycles. The lowest BCUT2D eigenvalue weighted by Crippen LogP contribution is -2.34. The van der Waals surface area contributed by atoms with E-state index in [1.165, 1.54) is 0 Å². The summed E-state index contributed by atoms with van der Waals surface area (Å²) >= 11 is 6.03. The Hall–Kier alpha value is -3.81. The minimum Gasteiger partial charge on any atom is -0.489 e. The van der Waals surface area contributed by atoms with Crippen molar-refractivity contribution < 1.29 is 14.6 Å². The van der Waals surface area contributed by atoms with Gasteiger partial charge in [-0.05, 0) is 47.4 Å². The van der Waals surface area contributed by atoms with Crippen LogP contribution in [-0.2, 0) is 26.1 Å². The molecule has 3 aromatic carbocycles. The van der Waals surface area contributed by atoms with Gasteiger partial charge in [0.2, 0.25) is 0 Å². The SMILES string of the molecule is O=C(NCCc1ccccc1CO)c1cccc2c1OCCN2Cc1cncn1Cc1ccc(Cl)cc1. The van der Waals surface area contributed by atoms with Crippen LogP contribution in [0.2, 0.25) is 5.02 Å². The maximum Gasteiger partial charge on any atom is 0.255 e. The Labute approximate surface area is 221 Å². The molecule has 4 aromatic rings. The van der Waals surface area contributed by atoms with E-state index in [2.05, 4.69) is 19.8 Å². The maximum atomic E-state index is 13.1. The molecule has 0 unspecified atom stereocenters. The van der Waals surface area contributed by atoms with Gasteiger partial charge in [-0.1, -0.05) is 54.1 Å². The molecule has 0 bridgehead atoms. The van der Waals surface area contributed by atoms with E-state index in [1.807, 2.05) is 73.2 Å². The lowest BCUT2D eigenvalue weighted by atomic mass is 10.1. The van der Waals surface area contributed by atoms with Crippen molar-refractivity contribution in [2.24, 2.45) is 0 Å². The number of rotatable bonds is 9. The second-order valence-corrected chi connectivity index (χ2v) is 9.43. The number of para-hydroxylation sites is 1. The lowest BCUT2D eigenvalue weighted by molar-refractivity contribution is 0.0949. The van der Waals surface area contributed by atoms with Crippen LogP contribution in [0.15, 0.2) is 79.3 Å². The Morgan fingerprint density at radius 3 is 2.65 bits per heavy atom. The molecule has 0 saturated heterocycles. The fourth-order valence-electron chi connectivity index (χ4n) is 4.61. The van der Waals surface area contributed by atoms with Gasteiger partial charge in [0.25, 0.3) is 5.91 Å². The van der Waals surface area contributed by atoms with Crippen molar-refractivity contribution >= 4 is 23.2 Å². The van der Waals surface area contributed by atoms with Crippen molar-refractivity contribution in [3.05, 3.63) is 112 Å². The Morgan fingerprint density at radius 2 is 1.84 bits per heavy atom. The molecule has 1 aliphatic heterocycles. The first kappa shape index (κ1) is 24.9. The molecule has 0 fully saturated rings. The Balaban J connectivity index is 1.28. The topological polar surface area (TPSA) is 79.6 Å². The lowest BCUT2D eigenvalue weighted by Gasteiger charge is -2.32. The first-order valence-electron chi connectivity index (χ1n) is 12.3. The second-order valence-electron chi connectivity index (χ2n) is 9.00. The number of imidazole rings is 1. The normalized spacial score (nSPS) is 12.6. The number of anilines is 1. The molecule has 1 aliphatic rings. The van der Waals surface area contributed by atoms with Crippen LogP contribution in [0.1, 0.15) is 32.7 Å². The standard InChI is InChI=1S/C29H29ClN4O3/c30-24-10-8-21(9-11-24)17-34-20-31-16-25(34)18-33-14-15-37-28-26(6-3-7-27(28)33)29(36)32-13-12-22-4-1-2-5-23(22)19-35/h1-11,16,20,35H,12-15,17-19H2,(H,32,36). The summed E-state index contributed by atoms with van der Waals surface area (Å²) in [6.07, 6.45) is 4.36. The van der Waals surface area contributed by atoms with Gasteiger partial charge >= 0.3 is 0 Å². The highest BCUT2D eigenvalue weighted by Crippen LogP contribution is 2.36. The zero-order chi connectivity index (χ0) is 25.6. The van der Waals surface area contributed by atoms with Crippen LogP contribution in [0.3, 0.4) is 0 Å².